The van der Waals surface area contributed by atoms with Gasteiger partial charge in [0.25, 0.3) is 0 Å². The molecule has 0 bridgehead atoms. The minimum Gasteiger partial charge on any atom is -0.308 e. The molecule has 0 fully saturated rings. The molecular formula is C17H24ClN3. The predicted octanol–water partition coefficient (Wildman–Crippen LogP) is 4.37. The lowest BCUT2D eigenvalue weighted by molar-refractivity contribution is 0.424. The van der Waals surface area contributed by atoms with Crippen molar-refractivity contribution in [3.05, 3.63) is 47.0 Å². The molecule has 0 saturated heterocycles. The molecule has 0 radical (unpaired) electrons. The Kier molecular flexibility index (Phi) is 5.07. The van der Waals surface area contributed by atoms with E-state index in [9.17, 15) is 0 Å². The van der Waals surface area contributed by atoms with Crippen molar-refractivity contribution >= 4 is 11.6 Å². The van der Waals surface area contributed by atoms with Gasteiger partial charge < -0.3 is 9.88 Å². The van der Waals surface area contributed by atoms with E-state index < -0.39 is 0 Å². The van der Waals surface area contributed by atoms with E-state index in [-0.39, 0.29) is 5.54 Å². The summed E-state index contributed by atoms with van der Waals surface area (Å²) in [5.74, 6) is 1.08. The van der Waals surface area contributed by atoms with E-state index in [2.05, 4.69) is 48.6 Å². The summed E-state index contributed by atoms with van der Waals surface area (Å²) in [5.41, 5.74) is 2.28. The molecule has 4 heteroatoms. The van der Waals surface area contributed by atoms with Crippen molar-refractivity contribution in [3.8, 4) is 5.69 Å². The Morgan fingerprint density at radius 3 is 2.71 bits per heavy atom. The molecule has 2 aromatic rings. The summed E-state index contributed by atoms with van der Waals surface area (Å²) in [7, 11) is 0. The molecule has 2 rings (SSSR count). The number of hydrogen-bond acceptors (Lipinski definition) is 2. The van der Waals surface area contributed by atoms with Gasteiger partial charge in [-0.05, 0) is 39.3 Å². The molecule has 21 heavy (non-hydrogen) atoms. The van der Waals surface area contributed by atoms with Gasteiger partial charge in [0, 0.05) is 41.5 Å². The lowest BCUT2D eigenvalue weighted by Crippen LogP contribution is -2.35. The largest absolute Gasteiger partial charge is 0.308 e. The first-order valence-electron chi connectivity index (χ1n) is 7.47. The number of aryl methyl sites for hydroxylation is 1. The van der Waals surface area contributed by atoms with Gasteiger partial charge >= 0.3 is 0 Å². The Morgan fingerprint density at radius 2 is 2.05 bits per heavy atom. The highest BCUT2D eigenvalue weighted by Gasteiger charge is 2.15. The van der Waals surface area contributed by atoms with E-state index in [1.165, 1.54) is 0 Å². The van der Waals surface area contributed by atoms with E-state index in [4.69, 9.17) is 11.6 Å². The number of halogens is 1. The van der Waals surface area contributed by atoms with E-state index in [0.29, 0.717) is 0 Å². The first-order valence-corrected chi connectivity index (χ1v) is 7.85. The van der Waals surface area contributed by atoms with Gasteiger partial charge in [0.1, 0.15) is 5.82 Å². The van der Waals surface area contributed by atoms with Gasteiger partial charge in [-0.1, -0.05) is 24.6 Å². The lowest BCUT2D eigenvalue weighted by atomic mass is 10.1. The maximum absolute atomic E-state index is 6.43. The number of hydrogen-bond donors (Lipinski definition) is 1. The van der Waals surface area contributed by atoms with Gasteiger partial charge in [0.2, 0.25) is 0 Å². The number of benzene rings is 1. The molecule has 0 aliphatic carbocycles. The number of nitrogens with one attached hydrogen (secondary N) is 1. The van der Waals surface area contributed by atoms with Crippen LogP contribution in [0, 0.1) is 0 Å². The van der Waals surface area contributed by atoms with Crippen LogP contribution in [0.2, 0.25) is 5.02 Å². The molecule has 0 atom stereocenters. The van der Waals surface area contributed by atoms with Crippen LogP contribution in [-0.4, -0.2) is 15.1 Å². The highest BCUT2D eigenvalue weighted by molar-refractivity contribution is 6.31. The van der Waals surface area contributed by atoms with Crippen molar-refractivity contribution in [1.82, 2.24) is 14.9 Å². The minimum atomic E-state index is 0.0532. The van der Waals surface area contributed by atoms with Crippen LogP contribution in [0.15, 0.2) is 30.6 Å². The highest BCUT2D eigenvalue weighted by Crippen LogP contribution is 2.25. The Labute approximate surface area is 132 Å². The van der Waals surface area contributed by atoms with Crippen LogP contribution in [0.1, 0.15) is 45.5 Å². The number of nitrogens with zero attached hydrogens (tertiary/aromatic N) is 2. The van der Waals surface area contributed by atoms with E-state index in [0.717, 1.165) is 41.5 Å². The SMILES string of the molecule is CCCc1nccn1-c1cccc(Cl)c1CNC(C)(C)C. The summed E-state index contributed by atoms with van der Waals surface area (Å²) in [6.45, 7) is 9.37. The molecule has 0 aliphatic heterocycles. The summed E-state index contributed by atoms with van der Waals surface area (Å²) in [4.78, 5) is 4.46. The van der Waals surface area contributed by atoms with Crippen molar-refractivity contribution in [3.63, 3.8) is 0 Å². The molecule has 1 N–H and O–H groups in total. The van der Waals surface area contributed by atoms with Gasteiger partial charge in [0.05, 0.1) is 5.69 Å². The third-order valence-corrected chi connectivity index (χ3v) is 3.69. The smallest absolute Gasteiger partial charge is 0.113 e. The standard InChI is InChI=1S/C17H24ClN3/c1-5-7-16-19-10-11-21(16)15-9-6-8-14(18)13(15)12-20-17(2,3)4/h6,8-11,20H,5,7,12H2,1-4H3. The monoisotopic (exact) mass is 305 g/mol. The van der Waals surface area contributed by atoms with Crippen LogP contribution in [-0.2, 0) is 13.0 Å². The molecule has 1 heterocycles. The topological polar surface area (TPSA) is 29.9 Å². The highest BCUT2D eigenvalue weighted by atomic mass is 35.5. The molecule has 0 unspecified atom stereocenters. The molecule has 0 aliphatic rings. The summed E-state index contributed by atoms with van der Waals surface area (Å²) in [6, 6.07) is 6.04. The van der Waals surface area contributed by atoms with Crippen LogP contribution in [0.25, 0.3) is 5.69 Å². The molecule has 0 saturated carbocycles. The average molecular weight is 306 g/mol. The van der Waals surface area contributed by atoms with Crippen LogP contribution in [0.5, 0.6) is 0 Å². The number of rotatable bonds is 5. The fourth-order valence-electron chi connectivity index (χ4n) is 2.26. The lowest BCUT2D eigenvalue weighted by Gasteiger charge is -2.23. The zero-order valence-electron chi connectivity index (χ0n) is 13.3. The van der Waals surface area contributed by atoms with Gasteiger partial charge in [0.15, 0.2) is 0 Å². The van der Waals surface area contributed by atoms with Crippen molar-refractivity contribution in [2.24, 2.45) is 0 Å². The van der Waals surface area contributed by atoms with Gasteiger partial charge in [-0.15, -0.1) is 0 Å². The van der Waals surface area contributed by atoms with Crippen molar-refractivity contribution in [1.29, 1.82) is 0 Å². The first-order chi connectivity index (χ1) is 9.92. The Hall–Kier alpha value is -1.32. The molecule has 0 spiro atoms. The fraction of sp³-hybridized carbons (Fsp3) is 0.471. The van der Waals surface area contributed by atoms with Crippen molar-refractivity contribution in [2.45, 2.75) is 52.6 Å². The Bertz CT molecular complexity index is 596. The Balaban J connectivity index is 2.39. The van der Waals surface area contributed by atoms with Crippen LogP contribution < -0.4 is 5.32 Å². The second-order valence-corrected chi connectivity index (χ2v) is 6.71. The van der Waals surface area contributed by atoms with E-state index in [1.807, 2.05) is 24.5 Å². The minimum absolute atomic E-state index is 0.0532. The number of aromatic nitrogens is 2. The second kappa shape index (κ2) is 6.63. The quantitative estimate of drug-likeness (QED) is 0.889. The van der Waals surface area contributed by atoms with Crippen LogP contribution in [0.4, 0.5) is 0 Å². The normalized spacial score (nSPS) is 11.9. The van der Waals surface area contributed by atoms with E-state index >= 15 is 0 Å². The fourth-order valence-corrected chi connectivity index (χ4v) is 2.50. The number of imidazole rings is 1. The van der Waals surface area contributed by atoms with Gasteiger partial charge in [-0.25, -0.2) is 4.98 Å². The third-order valence-electron chi connectivity index (χ3n) is 3.34. The van der Waals surface area contributed by atoms with Gasteiger partial charge in [-0.2, -0.15) is 0 Å². The van der Waals surface area contributed by atoms with Crippen LogP contribution in [0.3, 0.4) is 0 Å². The van der Waals surface area contributed by atoms with Crippen molar-refractivity contribution in [2.75, 3.05) is 0 Å². The van der Waals surface area contributed by atoms with Crippen LogP contribution >= 0.6 is 11.6 Å². The maximum atomic E-state index is 6.43. The zero-order chi connectivity index (χ0) is 15.5. The Morgan fingerprint density at radius 1 is 1.29 bits per heavy atom. The summed E-state index contributed by atoms with van der Waals surface area (Å²) in [5, 5.41) is 4.31. The second-order valence-electron chi connectivity index (χ2n) is 6.30. The van der Waals surface area contributed by atoms with Gasteiger partial charge in [-0.3, -0.25) is 0 Å². The molecular weight excluding hydrogens is 282 g/mol. The van der Waals surface area contributed by atoms with E-state index in [1.54, 1.807) is 0 Å². The first kappa shape index (κ1) is 16.1. The van der Waals surface area contributed by atoms with Crippen molar-refractivity contribution < 1.29 is 0 Å². The molecule has 3 nitrogen and oxygen atoms in total. The molecule has 1 aromatic heterocycles. The summed E-state index contributed by atoms with van der Waals surface area (Å²) in [6.07, 6.45) is 5.91. The third kappa shape index (κ3) is 4.08. The summed E-state index contributed by atoms with van der Waals surface area (Å²) < 4.78 is 2.15. The summed E-state index contributed by atoms with van der Waals surface area (Å²) >= 11 is 6.43. The maximum Gasteiger partial charge on any atom is 0.113 e. The zero-order valence-corrected chi connectivity index (χ0v) is 14.0. The molecule has 0 amide bonds. The molecule has 114 valence electrons. The predicted molar refractivity (Wildman–Crippen MR) is 89.2 cm³/mol. The average Bonchev–Trinajstić information content (AvgIpc) is 2.84. The molecule has 1 aromatic carbocycles.